The lowest BCUT2D eigenvalue weighted by atomic mass is 10.3. The molecule has 2 amide bonds. The molecule has 0 atom stereocenters. The lowest BCUT2D eigenvalue weighted by Crippen LogP contribution is -2.36. The first kappa shape index (κ1) is 14.3. The highest BCUT2D eigenvalue weighted by Gasteiger charge is 2.28. The summed E-state index contributed by atoms with van der Waals surface area (Å²) in [6, 6.07) is -1.10. The second kappa shape index (κ2) is 5.25. The van der Waals surface area contributed by atoms with Gasteiger partial charge in [0.15, 0.2) is 0 Å². The number of nitrogens with one attached hydrogen (secondary N) is 2. The first-order valence-electron chi connectivity index (χ1n) is 4.63. The van der Waals surface area contributed by atoms with Gasteiger partial charge in [-0.1, -0.05) is 0 Å². The molecule has 0 bridgehead atoms. The Labute approximate surface area is 104 Å². The summed E-state index contributed by atoms with van der Waals surface area (Å²) >= 11 is 0.886. The van der Waals surface area contributed by atoms with Crippen LogP contribution in [0.15, 0.2) is 5.38 Å². The van der Waals surface area contributed by atoms with E-state index in [0.717, 1.165) is 11.3 Å². The third-order valence-electron chi connectivity index (χ3n) is 1.86. The van der Waals surface area contributed by atoms with Crippen LogP contribution < -0.4 is 10.6 Å². The number of carbonyl (C=O) groups is 2. The maximum atomic E-state index is 11.8. The van der Waals surface area contributed by atoms with Crippen molar-refractivity contribution in [1.82, 2.24) is 5.32 Å². The van der Waals surface area contributed by atoms with Crippen LogP contribution in [-0.2, 0) is 0 Å². The summed E-state index contributed by atoms with van der Waals surface area (Å²) in [5.41, 5.74) is 0.478. The monoisotopic (exact) mass is 282 g/mol. The zero-order chi connectivity index (χ0) is 13.9. The van der Waals surface area contributed by atoms with Crippen LogP contribution >= 0.6 is 11.3 Å². The number of anilines is 1. The lowest BCUT2D eigenvalue weighted by Gasteiger charge is -2.10. The molecule has 0 aromatic carbocycles. The Kier molecular flexibility index (Phi) is 4.17. The van der Waals surface area contributed by atoms with E-state index in [1.54, 1.807) is 12.2 Å². The topological polar surface area (TPSA) is 78.4 Å². The van der Waals surface area contributed by atoms with E-state index in [1.807, 2.05) is 0 Å². The number of carboxylic acid groups (broad SMARTS) is 1. The molecular formula is C9H9F3N2O3S. The molecule has 3 N–H and O–H groups in total. The van der Waals surface area contributed by atoms with Crippen LogP contribution in [0.1, 0.15) is 15.2 Å². The van der Waals surface area contributed by atoms with E-state index in [-0.39, 0.29) is 10.6 Å². The molecule has 0 aliphatic heterocycles. The van der Waals surface area contributed by atoms with Crippen LogP contribution in [0, 0.1) is 6.92 Å². The maximum Gasteiger partial charge on any atom is 0.405 e. The number of hydrogen-bond donors (Lipinski definition) is 3. The van der Waals surface area contributed by atoms with Gasteiger partial charge in [-0.2, -0.15) is 13.2 Å². The van der Waals surface area contributed by atoms with Gasteiger partial charge in [0.1, 0.15) is 11.4 Å². The molecular weight excluding hydrogens is 273 g/mol. The van der Waals surface area contributed by atoms with Gasteiger partial charge in [0.2, 0.25) is 0 Å². The van der Waals surface area contributed by atoms with Gasteiger partial charge in [0, 0.05) is 0 Å². The van der Waals surface area contributed by atoms with Crippen molar-refractivity contribution in [2.24, 2.45) is 0 Å². The molecule has 1 aromatic rings. The van der Waals surface area contributed by atoms with Crippen molar-refractivity contribution >= 4 is 29.0 Å². The Morgan fingerprint density at radius 2 is 2.06 bits per heavy atom. The van der Waals surface area contributed by atoms with Crippen LogP contribution in [0.2, 0.25) is 0 Å². The number of aryl methyl sites for hydroxylation is 1. The van der Waals surface area contributed by atoms with E-state index >= 15 is 0 Å². The SMILES string of the molecule is Cc1csc(C(=O)O)c1NC(=O)NCC(F)(F)F. The average Bonchev–Trinajstić information content (AvgIpc) is 2.57. The van der Waals surface area contributed by atoms with Crippen molar-refractivity contribution in [2.45, 2.75) is 13.1 Å². The van der Waals surface area contributed by atoms with Crippen LogP contribution in [-0.4, -0.2) is 29.8 Å². The molecule has 9 heteroatoms. The van der Waals surface area contributed by atoms with Crippen LogP contribution in [0.4, 0.5) is 23.7 Å². The fraction of sp³-hybridized carbons (Fsp3) is 0.333. The van der Waals surface area contributed by atoms with E-state index < -0.39 is 24.7 Å². The highest BCUT2D eigenvalue weighted by molar-refractivity contribution is 7.12. The van der Waals surface area contributed by atoms with Crippen molar-refractivity contribution < 1.29 is 27.9 Å². The number of carbonyl (C=O) groups excluding carboxylic acids is 1. The predicted molar refractivity (Wildman–Crippen MR) is 59.1 cm³/mol. The zero-order valence-electron chi connectivity index (χ0n) is 9.09. The Hall–Kier alpha value is -1.77. The third kappa shape index (κ3) is 3.91. The molecule has 18 heavy (non-hydrogen) atoms. The second-order valence-corrected chi connectivity index (χ2v) is 4.23. The minimum Gasteiger partial charge on any atom is -0.477 e. The van der Waals surface area contributed by atoms with Crippen molar-refractivity contribution in [2.75, 3.05) is 11.9 Å². The van der Waals surface area contributed by atoms with E-state index in [9.17, 15) is 22.8 Å². The molecule has 0 aliphatic rings. The Bertz CT molecular complexity index is 470. The summed E-state index contributed by atoms with van der Waals surface area (Å²) in [4.78, 5) is 21.8. The first-order chi connectivity index (χ1) is 8.20. The van der Waals surface area contributed by atoms with E-state index in [0.29, 0.717) is 5.56 Å². The Morgan fingerprint density at radius 3 is 2.56 bits per heavy atom. The van der Waals surface area contributed by atoms with Crippen LogP contribution in [0.3, 0.4) is 0 Å². The molecule has 1 rings (SSSR count). The number of carboxylic acids is 1. The number of rotatable bonds is 3. The summed E-state index contributed by atoms with van der Waals surface area (Å²) in [7, 11) is 0. The highest BCUT2D eigenvalue weighted by atomic mass is 32.1. The smallest absolute Gasteiger partial charge is 0.405 e. The molecule has 0 aliphatic carbocycles. The molecule has 1 heterocycles. The number of thiophene rings is 1. The molecule has 0 unspecified atom stereocenters. The van der Waals surface area contributed by atoms with Crippen LogP contribution in [0.5, 0.6) is 0 Å². The summed E-state index contributed by atoms with van der Waals surface area (Å²) in [6.45, 7) is 0.0622. The van der Waals surface area contributed by atoms with Gasteiger partial charge in [0.05, 0.1) is 5.69 Å². The van der Waals surface area contributed by atoms with Crippen molar-refractivity contribution in [3.63, 3.8) is 0 Å². The molecule has 0 radical (unpaired) electrons. The summed E-state index contributed by atoms with van der Waals surface area (Å²) < 4.78 is 35.5. The van der Waals surface area contributed by atoms with E-state index in [2.05, 4.69) is 5.32 Å². The van der Waals surface area contributed by atoms with Crippen molar-refractivity contribution in [3.05, 3.63) is 15.8 Å². The Balaban J connectivity index is 2.70. The average molecular weight is 282 g/mol. The zero-order valence-corrected chi connectivity index (χ0v) is 9.91. The minimum absolute atomic E-state index is 0.00664. The molecule has 1 aromatic heterocycles. The number of aromatic carboxylic acids is 1. The standard InChI is InChI=1S/C9H9F3N2O3S/c1-4-2-18-6(7(15)16)5(4)14-8(17)13-3-9(10,11)12/h2H,3H2,1H3,(H,15,16)(H2,13,14,17). The van der Waals surface area contributed by atoms with Gasteiger partial charge < -0.3 is 15.7 Å². The summed E-state index contributed by atoms with van der Waals surface area (Å²) in [5, 5.41) is 14.0. The second-order valence-electron chi connectivity index (χ2n) is 3.35. The summed E-state index contributed by atoms with van der Waals surface area (Å²) in [5.74, 6) is -1.25. The minimum atomic E-state index is -4.52. The molecule has 5 nitrogen and oxygen atoms in total. The fourth-order valence-electron chi connectivity index (χ4n) is 1.10. The number of halogens is 3. The third-order valence-corrected chi connectivity index (χ3v) is 2.94. The number of alkyl halides is 3. The Morgan fingerprint density at radius 1 is 1.44 bits per heavy atom. The quantitative estimate of drug-likeness (QED) is 0.796. The van der Waals surface area contributed by atoms with Crippen molar-refractivity contribution in [3.8, 4) is 0 Å². The number of hydrogen-bond acceptors (Lipinski definition) is 3. The van der Waals surface area contributed by atoms with E-state index in [4.69, 9.17) is 5.11 Å². The summed E-state index contributed by atoms with van der Waals surface area (Å²) in [6.07, 6.45) is -4.52. The number of urea groups is 1. The van der Waals surface area contributed by atoms with Gasteiger partial charge in [0.25, 0.3) is 0 Å². The fourth-order valence-corrected chi connectivity index (χ4v) is 1.94. The lowest BCUT2D eigenvalue weighted by molar-refractivity contribution is -0.122. The van der Waals surface area contributed by atoms with Crippen molar-refractivity contribution in [1.29, 1.82) is 0 Å². The molecule has 0 spiro atoms. The maximum absolute atomic E-state index is 11.8. The largest absolute Gasteiger partial charge is 0.477 e. The highest BCUT2D eigenvalue weighted by Crippen LogP contribution is 2.27. The van der Waals surface area contributed by atoms with Gasteiger partial charge >= 0.3 is 18.2 Å². The van der Waals surface area contributed by atoms with Gasteiger partial charge in [-0.3, -0.25) is 0 Å². The molecule has 100 valence electrons. The molecule has 0 saturated heterocycles. The van der Waals surface area contributed by atoms with Gasteiger partial charge in [-0.05, 0) is 17.9 Å². The van der Waals surface area contributed by atoms with Gasteiger partial charge in [-0.15, -0.1) is 11.3 Å². The molecule has 0 saturated carbocycles. The van der Waals surface area contributed by atoms with Gasteiger partial charge in [-0.25, -0.2) is 9.59 Å². The number of amides is 2. The van der Waals surface area contributed by atoms with E-state index in [1.165, 1.54) is 5.38 Å². The normalized spacial score (nSPS) is 11.1. The molecule has 0 fully saturated rings. The first-order valence-corrected chi connectivity index (χ1v) is 5.51. The predicted octanol–water partition coefficient (Wildman–Crippen LogP) is 2.44. The van der Waals surface area contributed by atoms with Crippen LogP contribution in [0.25, 0.3) is 0 Å².